The molecule has 1 heteroatoms. The van der Waals surface area contributed by atoms with Crippen LogP contribution in [-0.4, -0.2) is 25.0 Å². The monoisotopic (exact) mass is 139 g/mol. The molecule has 2 aliphatic rings. The normalized spacial score (nSPS) is 45.3. The summed E-state index contributed by atoms with van der Waals surface area (Å²) in [5.41, 5.74) is 0. The van der Waals surface area contributed by atoms with E-state index >= 15 is 0 Å². The maximum atomic E-state index is 2.42. The molecule has 0 spiro atoms. The Labute approximate surface area is 63.4 Å². The number of fused-ring (bicyclic) bond motifs is 1. The fourth-order valence-electron chi connectivity index (χ4n) is 2.72. The third kappa shape index (κ3) is 0.878. The lowest BCUT2D eigenvalue weighted by molar-refractivity contribution is 0.366. The van der Waals surface area contributed by atoms with Gasteiger partial charge in [0.2, 0.25) is 0 Å². The molecule has 1 unspecified atom stereocenters. The summed E-state index contributed by atoms with van der Waals surface area (Å²) in [6, 6.07) is 0.961. The van der Waals surface area contributed by atoms with Crippen LogP contribution in [0.3, 0.4) is 0 Å². The second kappa shape index (κ2) is 2.23. The van der Waals surface area contributed by atoms with Crippen LogP contribution in [0, 0.1) is 11.8 Å². The van der Waals surface area contributed by atoms with E-state index in [4.69, 9.17) is 0 Å². The molecule has 1 nitrogen and oxygen atoms in total. The predicted octanol–water partition coefficient (Wildman–Crippen LogP) is 1.74. The van der Waals surface area contributed by atoms with Crippen molar-refractivity contribution in [1.29, 1.82) is 0 Å². The quantitative estimate of drug-likeness (QED) is 0.535. The van der Waals surface area contributed by atoms with Gasteiger partial charge in [-0.2, -0.15) is 0 Å². The van der Waals surface area contributed by atoms with Gasteiger partial charge in [-0.3, -0.25) is 0 Å². The minimum absolute atomic E-state index is 0.961. The summed E-state index contributed by atoms with van der Waals surface area (Å²) in [4.78, 5) is 2.42. The first-order chi connectivity index (χ1) is 4.80. The summed E-state index contributed by atoms with van der Waals surface area (Å²) >= 11 is 0. The average molecular weight is 139 g/mol. The van der Waals surface area contributed by atoms with Crippen LogP contribution < -0.4 is 0 Å². The zero-order valence-corrected chi connectivity index (χ0v) is 7.01. The van der Waals surface area contributed by atoms with Gasteiger partial charge in [-0.05, 0) is 38.8 Å². The van der Waals surface area contributed by atoms with E-state index in [1.54, 1.807) is 0 Å². The Morgan fingerprint density at radius 1 is 1.00 bits per heavy atom. The van der Waals surface area contributed by atoms with Crippen LogP contribution >= 0.6 is 0 Å². The number of hydrogen-bond donors (Lipinski definition) is 0. The van der Waals surface area contributed by atoms with Gasteiger partial charge in [-0.1, -0.05) is 12.8 Å². The minimum Gasteiger partial charge on any atom is -0.306 e. The fourth-order valence-corrected chi connectivity index (χ4v) is 2.72. The molecule has 10 heavy (non-hydrogen) atoms. The fraction of sp³-hybridized carbons (Fsp3) is 1.00. The van der Waals surface area contributed by atoms with Crippen LogP contribution in [0.1, 0.15) is 25.7 Å². The van der Waals surface area contributed by atoms with Crippen molar-refractivity contribution in [1.82, 2.24) is 4.90 Å². The number of rotatable bonds is 1. The molecular formula is C9H17N. The van der Waals surface area contributed by atoms with Crippen LogP contribution in [0.5, 0.6) is 0 Å². The van der Waals surface area contributed by atoms with Gasteiger partial charge in [0.1, 0.15) is 0 Å². The van der Waals surface area contributed by atoms with Crippen LogP contribution in [-0.2, 0) is 0 Å². The van der Waals surface area contributed by atoms with Crippen molar-refractivity contribution >= 4 is 0 Å². The summed E-state index contributed by atoms with van der Waals surface area (Å²) in [6.45, 7) is 0. The van der Waals surface area contributed by atoms with Crippen molar-refractivity contribution < 1.29 is 0 Å². The Hall–Kier alpha value is -0.0400. The van der Waals surface area contributed by atoms with Crippen molar-refractivity contribution in [2.45, 2.75) is 31.7 Å². The van der Waals surface area contributed by atoms with Gasteiger partial charge >= 0.3 is 0 Å². The van der Waals surface area contributed by atoms with E-state index in [-0.39, 0.29) is 0 Å². The first-order valence-corrected chi connectivity index (χ1v) is 4.47. The van der Waals surface area contributed by atoms with Crippen molar-refractivity contribution in [2.24, 2.45) is 11.8 Å². The Morgan fingerprint density at radius 2 is 1.50 bits per heavy atom. The first-order valence-electron chi connectivity index (χ1n) is 4.47. The molecule has 0 aromatic rings. The molecule has 2 rings (SSSR count). The molecule has 58 valence electrons. The first kappa shape index (κ1) is 6.66. The Morgan fingerprint density at radius 3 is 1.90 bits per heavy atom. The van der Waals surface area contributed by atoms with Gasteiger partial charge in [-0.25, -0.2) is 0 Å². The average Bonchev–Trinajstić information content (AvgIpc) is 2.60. The largest absolute Gasteiger partial charge is 0.306 e. The highest BCUT2D eigenvalue weighted by molar-refractivity contribution is 5.04. The molecule has 0 saturated heterocycles. The van der Waals surface area contributed by atoms with Crippen LogP contribution in [0.2, 0.25) is 0 Å². The van der Waals surface area contributed by atoms with Crippen molar-refractivity contribution in [3.05, 3.63) is 0 Å². The zero-order chi connectivity index (χ0) is 7.14. The summed E-state index contributed by atoms with van der Waals surface area (Å²) in [5.74, 6) is 2.17. The standard InChI is InChI=1S/C9H17N/c1-10(2)9-7-5-3-4-6-8(7)9/h7-9H,3-6H2,1-2H3/t7-,8+,9?. The molecule has 2 aliphatic carbocycles. The topological polar surface area (TPSA) is 3.24 Å². The van der Waals surface area contributed by atoms with Gasteiger partial charge in [0.05, 0.1) is 0 Å². The molecule has 0 N–H and O–H groups in total. The van der Waals surface area contributed by atoms with Crippen molar-refractivity contribution in [3.8, 4) is 0 Å². The Kier molecular flexibility index (Phi) is 1.48. The molecule has 2 saturated carbocycles. The van der Waals surface area contributed by atoms with Crippen LogP contribution in [0.25, 0.3) is 0 Å². The molecule has 3 atom stereocenters. The highest BCUT2D eigenvalue weighted by Gasteiger charge is 2.51. The van der Waals surface area contributed by atoms with Gasteiger partial charge in [0, 0.05) is 6.04 Å². The number of hydrogen-bond acceptors (Lipinski definition) is 1. The Bertz CT molecular complexity index is 119. The molecule has 0 bridgehead atoms. The van der Waals surface area contributed by atoms with E-state index in [2.05, 4.69) is 19.0 Å². The van der Waals surface area contributed by atoms with E-state index in [1.807, 2.05) is 0 Å². The van der Waals surface area contributed by atoms with E-state index in [1.165, 1.54) is 25.7 Å². The summed E-state index contributed by atoms with van der Waals surface area (Å²) in [7, 11) is 4.45. The lowest BCUT2D eigenvalue weighted by Gasteiger charge is -2.07. The molecule has 0 aromatic carbocycles. The molecule has 0 heterocycles. The SMILES string of the molecule is CN(C)C1[C@H]2CCCC[C@@H]12. The van der Waals surface area contributed by atoms with Gasteiger partial charge in [-0.15, -0.1) is 0 Å². The highest BCUT2D eigenvalue weighted by Crippen LogP contribution is 2.51. The third-order valence-corrected chi connectivity index (χ3v) is 3.21. The minimum atomic E-state index is 0.961. The second-order valence-electron chi connectivity index (χ2n) is 4.07. The van der Waals surface area contributed by atoms with E-state index in [9.17, 15) is 0 Å². The molecule has 0 aliphatic heterocycles. The summed E-state index contributed by atoms with van der Waals surface area (Å²) in [6.07, 6.45) is 6.00. The molecule has 0 radical (unpaired) electrons. The van der Waals surface area contributed by atoms with Crippen LogP contribution in [0.15, 0.2) is 0 Å². The van der Waals surface area contributed by atoms with Crippen molar-refractivity contribution in [2.75, 3.05) is 14.1 Å². The Balaban J connectivity index is 1.93. The van der Waals surface area contributed by atoms with E-state index < -0.39 is 0 Å². The lowest BCUT2D eigenvalue weighted by atomic mass is 10.0. The second-order valence-corrected chi connectivity index (χ2v) is 4.07. The van der Waals surface area contributed by atoms with E-state index in [0.717, 1.165) is 17.9 Å². The van der Waals surface area contributed by atoms with E-state index in [0.29, 0.717) is 0 Å². The lowest BCUT2D eigenvalue weighted by Crippen LogP contribution is -2.16. The van der Waals surface area contributed by atoms with Gasteiger partial charge in [0.25, 0.3) is 0 Å². The zero-order valence-electron chi connectivity index (χ0n) is 7.01. The maximum Gasteiger partial charge on any atom is 0.0152 e. The summed E-state index contributed by atoms with van der Waals surface area (Å²) in [5, 5.41) is 0. The van der Waals surface area contributed by atoms with Gasteiger partial charge < -0.3 is 4.90 Å². The molecule has 0 aromatic heterocycles. The maximum absolute atomic E-state index is 2.42. The van der Waals surface area contributed by atoms with Crippen LogP contribution in [0.4, 0.5) is 0 Å². The van der Waals surface area contributed by atoms with Gasteiger partial charge in [0.15, 0.2) is 0 Å². The molecule has 2 fully saturated rings. The number of nitrogens with zero attached hydrogens (tertiary/aromatic N) is 1. The highest BCUT2D eigenvalue weighted by atomic mass is 15.1. The summed E-state index contributed by atoms with van der Waals surface area (Å²) < 4.78 is 0. The smallest absolute Gasteiger partial charge is 0.0152 e. The molecular weight excluding hydrogens is 122 g/mol. The molecule has 0 amide bonds. The van der Waals surface area contributed by atoms with Crippen molar-refractivity contribution in [3.63, 3.8) is 0 Å². The third-order valence-electron chi connectivity index (χ3n) is 3.21. The predicted molar refractivity (Wildman–Crippen MR) is 42.9 cm³/mol.